The Morgan fingerprint density at radius 3 is 2.04 bits per heavy atom. The molecule has 0 saturated heterocycles. The highest BCUT2D eigenvalue weighted by atomic mass is 35.5. The number of nitrogens with zero attached hydrogens (tertiary/aromatic N) is 1. The van der Waals surface area contributed by atoms with E-state index in [0.717, 1.165) is 12.1 Å². The van der Waals surface area contributed by atoms with Crippen LogP contribution in [0.1, 0.15) is 25.8 Å². The quantitative estimate of drug-likeness (QED) is 0.731. The Balaban J connectivity index is 2.70. The second kappa shape index (κ2) is 7.24. The highest BCUT2D eigenvalue weighted by Crippen LogP contribution is 2.56. The Bertz CT molecular complexity index is 733. The molecule has 0 aliphatic heterocycles. The van der Waals surface area contributed by atoms with E-state index < -0.39 is 18.7 Å². The number of benzene rings is 2. The fraction of sp³-hybridized carbons (Fsp3) is 0.294. The summed E-state index contributed by atoms with van der Waals surface area (Å²) in [6.45, 7) is 3.67. The highest BCUT2D eigenvalue weighted by Gasteiger charge is 2.40. The summed E-state index contributed by atoms with van der Waals surface area (Å²) < 4.78 is 25.6. The van der Waals surface area contributed by atoms with Gasteiger partial charge in [-0.3, -0.25) is 0 Å². The van der Waals surface area contributed by atoms with E-state index >= 15 is 0 Å². The van der Waals surface area contributed by atoms with Gasteiger partial charge in [-0.2, -0.15) is 0 Å². The number of hydrogen-bond acceptors (Lipinski definition) is 4. The Morgan fingerprint density at radius 2 is 1.62 bits per heavy atom. The fourth-order valence-electron chi connectivity index (χ4n) is 3.05. The van der Waals surface area contributed by atoms with Crippen LogP contribution in [0.25, 0.3) is 0 Å². The molecule has 130 valence electrons. The molecule has 24 heavy (non-hydrogen) atoms. The molecule has 0 amide bonds. The molecule has 1 unspecified atom stereocenters. The minimum Gasteiger partial charge on any atom is -0.809 e. The molecule has 2 rings (SSSR count). The molecule has 0 aliphatic rings. The molecular weight excluding hydrogens is 352 g/mol. The van der Waals surface area contributed by atoms with Crippen molar-refractivity contribution < 1.29 is 18.7 Å². The van der Waals surface area contributed by atoms with Gasteiger partial charge in [0.25, 0.3) is 0 Å². The lowest BCUT2D eigenvalue weighted by atomic mass is 10.0. The van der Waals surface area contributed by atoms with E-state index in [1.165, 1.54) is 17.0 Å². The summed E-state index contributed by atoms with van der Waals surface area (Å²) in [6.07, 6.45) is 0.0272. The lowest BCUT2D eigenvalue weighted by Crippen LogP contribution is -2.51. The van der Waals surface area contributed by atoms with Crippen molar-refractivity contribution in [3.63, 3.8) is 0 Å². The fourth-order valence-corrected chi connectivity index (χ4v) is 4.58. The second-order valence-corrected chi connectivity index (χ2v) is 7.57. The van der Waals surface area contributed by atoms with Gasteiger partial charge in [-0.1, -0.05) is 30.7 Å². The van der Waals surface area contributed by atoms with Crippen LogP contribution in [0.3, 0.4) is 0 Å². The molecule has 0 spiro atoms. The first-order valence-corrected chi connectivity index (χ1v) is 9.49. The predicted molar refractivity (Wildman–Crippen MR) is 90.4 cm³/mol. The second-order valence-electron chi connectivity index (χ2n) is 5.40. The van der Waals surface area contributed by atoms with E-state index in [-0.39, 0.29) is 18.5 Å². The number of hydrogen-bond donors (Lipinski definition) is 0. The molecule has 4 nitrogen and oxygen atoms in total. The zero-order chi connectivity index (χ0) is 18.0. The first kappa shape index (κ1) is 18.9. The zero-order valence-electron chi connectivity index (χ0n) is 13.4. The Labute approximate surface area is 146 Å². The summed E-state index contributed by atoms with van der Waals surface area (Å²) in [6, 6.07) is 11.6. The lowest BCUT2D eigenvalue weighted by Gasteiger charge is -2.56. The first-order chi connectivity index (χ1) is 11.3. The molecular formula is C17H18ClFNO3P-2. The summed E-state index contributed by atoms with van der Waals surface area (Å²) >= 11 is 5.89. The number of anilines is 1. The molecule has 0 heterocycles. The summed E-state index contributed by atoms with van der Waals surface area (Å²) in [5.74, 6) is -0.495. The average Bonchev–Trinajstić information content (AvgIpc) is 2.53. The van der Waals surface area contributed by atoms with Crippen LogP contribution in [0.2, 0.25) is 5.02 Å². The van der Waals surface area contributed by atoms with Gasteiger partial charge in [0.05, 0.1) is 5.28 Å². The third kappa shape index (κ3) is 3.35. The first-order valence-electron chi connectivity index (χ1n) is 7.57. The standard InChI is InChI=1S/C17H20ClFNO3P/c1-3-17(24(21,22)23,13-5-9-15(19)10-6-13)20(4-2)16-11-7-14(18)8-12-16/h5-12H,3-4H2,1-2H3,(H2,21,22,23)/p-2. The molecule has 0 bridgehead atoms. The van der Waals surface area contributed by atoms with Crippen LogP contribution in [0.4, 0.5) is 10.1 Å². The molecule has 1 atom stereocenters. The van der Waals surface area contributed by atoms with Crippen molar-refractivity contribution in [2.24, 2.45) is 0 Å². The molecule has 0 fully saturated rings. The average molecular weight is 370 g/mol. The lowest BCUT2D eigenvalue weighted by molar-refractivity contribution is -0.321. The van der Waals surface area contributed by atoms with Crippen molar-refractivity contribution in [1.29, 1.82) is 0 Å². The predicted octanol–water partition coefficient (Wildman–Crippen LogP) is 3.48. The maximum atomic E-state index is 13.3. The van der Waals surface area contributed by atoms with Crippen LogP contribution in [0, 0.1) is 5.82 Å². The van der Waals surface area contributed by atoms with E-state index in [2.05, 4.69) is 0 Å². The highest BCUT2D eigenvalue weighted by molar-refractivity contribution is 7.50. The number of halogens is 2. The van der Waals surface area contributed by atoms with Gasteiger partial charge < -0.3 is 19.3 Å². The van der Waals surface area contributed by atoms with Gasteiger partial charge in [0.15, 0.2) is 0 Å². The van der Waals surface area contributed by atoms with Gasteiger partial charge in [0.1, 0.15) is 5.82 Å². The van der Waals surface area contributed by atoms with Gasteiger partial charge in [-0.15, -0.1) is 0 Å². The van der Waals surface area contributed by atoms with Crippen molar-refractivity contribution in [2.75, 3.05) is 11.4 Å². The van der Waals surface area contributed by atoms with Crippen molar-refractivity contribution in [2.45, 2.75) is 25.5 Å². The van der Waals surface area contributed by atoms with Crippen LogP contribution in [-0.2, 0) is 9.85 Å². The van der Waals surface area contributed by atoms with E-state index in [1.807, 2.05) is 0 Å². The minimum atomic E-state index is -5.12. The maximum absolute atomic E-state index is 13.3. The molecule has 0 aliphatic carbocycles. The van der Waals surface area contributed by atoms with Gasteiger partial charge in [0.2, 0.25) is 0 Å². The van der Waals surface area contributed by atoms with Gasteiger partial charge in [0, 0.05) is 17.3 Å². The molecule has 0 N–H and O–H groups in total. The van der Waals surface area contributed by atoms with Crippen molar-refractivity contribution >= 4 is 24.9 Å². The van der Waals surface area contributed by atoms with Gasteiger partial charge >= 0.3 is 0 Å². The van der Waals surface area contributed by atoms with Crippen molar-refractivity contribution in [3.8, 4) is 0 Å². The number of rotatable bonds is 6. The van der Waals surface area contributed by atoms with E-state index in [9.17, 15) is 18.7 Å². The monoisotopic (exact) mass is 369 g/mol. The third-order valence-electron chi connectivity index (χ3n) is 4.15. The van der Waals surface area contributed by atoms with Crippen LogP contribution in [-0.4, -0.2) is 6.54 Å². The summed E-state index contributed by atoms with van der Waals surface area (Å²) in [4.78, 5) is 26.2. The summed E-state index contributed by atoms with van der Waals surface area (Å²) in [7, 11) is -5.12. The molecule has 2 aromatic carbocycles. The minimum absolute atomic E-state index is 0.0272. The Kier molecular flexibility index (Phi) is 5.71. The van der Waals surface area contributed by atoms with Crippen LogP contribution in [0.5, 0.6) is 0 Å². The van der Waals surface area contributed by atoms with Crippen LogP contribution >= 0.6 is 19.2 Å². The Morgan fingerprint density at radius 1 is 1.08 bits per heavy atom. The topological polar surface area (TPSA) is 66.4 Å². The van der Waals surface area contributed by atoms with Crippen LogP contribution in [0.15, 0.2) is 48.5 Å². The maximum Gasteiger partial charge on any atom is 0.123 e. The van der Waals surface area contributed by atoms with Crippen molar-refractivity contribution in [3.05, 3.63) is 64.9 Å². The zero-order valence-corrected chi connectivity index (χ0v) is 15.1. The van der Waals surface area contributed by atoms with Gasteiger partial charge in [-0.05, 0) is 62.9 Å². The summed E-state index contributed by atoms with van der Waals surface area (Å²) in [5.41, 5.74) is 0.802. The smallest absolute Gasteiger partial charge is 0.123 e. The van der Waals surface area contributed by atoms with E-state index in [0.29, 0.717) is 10.7 Å². The van der Waals surface area contributed by atoms with E-state index in [1.54, 1.807) is 38.1 Å². The van der Waals surface area contributed by atoms with E-state index in [4.69, 9.17) is 11.6 Å². The normalized spacial score (nSPS) is 14.2. The summed E-state index contributed by atoms with van der Waals surface area (Å²) in [5, 5.41) is -1.30. The Hall–Kier alpha value is -1.39. The molecule has 7 heteroatoms. The van der Waals surface area contributed by atoms with Gasteiger partial charge in [-0.25, -0.2) is 4.39 Å². The SMILES string of the molecule is CCN(c1ccc(Cl)cc1)C(CC)(c1ccc(F)cc1)P(=O)([O-])[O-]. The largest absolute Gasteiger partial charge is 0.809 e. The molecule has 0 radical (unpaired) electrons. The molecule has 0 saturated carbocycles. The molecule has 0 aromatic heterocycles. The third-order valence-corrected chi connectivity index (χ3v) is 6.13. The van der Waals surface area contributed by atoms with Crippen LogP contribution < -0.4 is 14.7 Å². The molecule has 2 aromatic rings. The van der Waals surface area contributed by atoms with Crippen molar-refractivity contribution in [1.82, 2.24) is 0 Å².